The summed E-state index contributed by atoms with van der Waals surface area (Å²) in [5.41, 5.74) is 2.37. The third kappa shape index (κ3) is 5.33. The fourth-order valence-electron chi connectivity index (χ4n) is 2.94. The van der Waals surface area contributed by atoms with Crippen molar-refractivity contribution >= 4 is 21.6 Å². The number of carbonyl (C=O) groups is 1. The molecule has 0 spiro atoms. The van der Waals surface area contributed by atoms with E-state index in [0.717, 1.165) is 25.1 Å². The van der Waals surface area contributed by atoms with Crippen LogP contribution in [0.15, 0.2) is 53.4 Å². The summed E-state index contributed by atoms with van der Waals surface area (Å²) in [7, 11) is -0.0377. The molecule has 6 nitrogen and oxygen atoms in total. The zero-order chi connectivity index (χ0) is 20.9. The molecule has 0 heterocycles. The minimum atomic E-state index is -3.78. The first-order valence-electron chi connectivity index (χ1n) is 9.36. The summed E-state index contributed by atoms with van der Waals surface area (Å²) in [6.07, 6.45) is 2.26. The Morgan fingerprint density at radius 1 is 1.11 bits per heavy atom. The smallest absolute Gasteiger partial charge is 0.254 e. The molecule has 0 radical (unpaired) electrons. The number of hydrogen-bond acceptors (Lipinski definition) is 4. The van der Waals surface area contributed by atoms with Crippen molar-refractivity contribution in [3.63, 3.8) is 0 Å². The molecule has 7 heteroatoms. The Balaban J connectivity index is 2.15. The van der Waals surface area contributed by atoms with Crippen LogP contribution in [0.1, 0.15) is 48.7 Å². The summed E-state index contributed by atoms with van der Waals surface area (Å²) < 4.78 is 23.2. The van der Waals surface area contributed by atoms with Gasteiger partial charge in [0.15, 0.2) is 0 Å². The number of benzene rings is 2. The van der Waals surface area contributed by atoms with Gasteiger partial charge >= 0.3 is 0 Å². The third-order valence-corrected chi connectivity index (χ3v) is 5.88. The van der Waals surface area contributed by atoms with Crippen LogP contribution in [0.3, 0.4) is 0 Å². The van der Waals surface area contributed by atoms with E-state index in [2.05, 4.69) is 11.8 Å². The molecule has 0 aliphatic heterocycles. The fraction of sp³-hybridized carbons (Fsp3) is 0.381. The van der Waals surface area contributed by atoms with Gasteiger partial charge in [-0.15, -0.1) is 0 Å². The molecule has 152 valence electrons. The lowest BCUT2D eigenvalue weighted by atomic mass is 10.1. The van der Waals surface area contributed by atoms with Crippen molar-refractivity contribution in [3.05, 3.63) is 59.7 Å². The number of nitrogens with zero attached hydrogens (tertiary/aromatic N) is 2. The summed E-state index contributed by atoms with van der Waals surface area (Å²) in [4.78, 5) is 16.7. The minimum absolute atomic E-state index is 0.0390. The van der Waals surface area contributed by atoms with Crippen LogP contribution in [0.5, 0.6) is 0 Å². The molecule has 2 aromatic rings. The molecule has 28 heavy (non-hydrogen) atoms. The number of unbranched alkanes of at least 4 members (excludes halogenated alkanes) is 1. The molecule has 1 amide bonds. The van der Waals surface area contributed by atoms with Gasteiger partial charge in [-0.3, -0.25) is 4.79 Å². The normalized spacial score (nSPS) is 12.5. The lowest BCUT2D eigenvalue weighted by molar-refractivity contribution is 0.0742. The van der Waals surface area contributed by atoms with Crippen LogP contribution in [0.25, 0.3) is 0 Å². The van der Waals surface area contributed by atoms with E-state index in [1.807, 2.05) is 38.2 Å². The van der Waals surface area contributed by atoms with Crippen LogP contribution in [0.4, 0.5) is 5.69 Å². The Morgan fingerprint density at radius 3 is 2.32 bits per heavy atom. The van der Waals surface area contributed by atoms with Crippen molar-refractivity contribution in [2.75, 3.05) is 25.5 Å². The Labute approximate surface area is 168 Å². The van der Waals surface area contributed by atoms with E-state index in [0.29, 0.717) is 11.1 Å². The highest BCUT2D eigenvalue weighted by Gasteiger charge is 2.20. The molecule has 0 fully saturated rings. The fourth-order valence-corrected chi connectivity index (χ4v) is 3.51. The molecular weight excluding hydrogens is 374 g/mol. The van der Waals surface area contributed by atoms with Crippen LogP contribution in [0.2, 0.25) is 0 Å². The standard InChI is InChI=1S/C21H29N3O3S/c1-5-6-14-23(3)19-12-10-17(11-13-19)21(25)24(4)16(2)18-8-7-9-20(15-18)28(22,26)27/h7-13,15-16H,5-6,14H2,1-4H3,(H2,22,26,27). The zero-order valence-corrected chi connectivity index (χ0v) is 17.7. The van der Waals surface area contributed by atoms with Gasteiger partial charge in [0.05, 0.1) is 10.9 Å². The van der Waals surface area contributed by atoms with Gasteiger partial charge in [-0.2, -0.15) is 0 Å². The highest BCUT2D eigenvalue weighted by molar-refractivity contribution is 7.89. The molecule has 0 aliphatic carbocycles. The largest absolute Gasteiger partial charge is 0.375 e. The van der Waals surface area contributed by atoms with E-state index in [-0.39, 0.29) is 16.8 Å². The number of hydrogen-bond donors (Lipinski definition) is 1. The van der Waals surface area contributed by atoms with Gasteiger partial charge in [0.25, 0.3) is 5.91 Å². The summed E-state index contributed by atoms with van der Waals surface area (Å²) in [5.74, 6) is -0.128. The van der Waals surface area contributed by atoms with Crippen LogP contribution in [-0.4, -0.2) is 39.9 Å². The van der Waals surface area contributed by atoms with Crippen molar-refractivity contribution in [1.82, 2.24) is 4.90 Å². The Hall–Kier alpha value is -2.38. The molecule has 0 bridgehead atoms. The van der Waals surface area contributed by atoms with E-state index < -0.39 is 10.0 Å². The van der Waals surface area contributed by atoms with Gasteiger partial charge in [-0.25, -0.2) is 13.6 Å². The SMILES string of the molecule is CCCCN(C)c1ccc(C(=O)N(C)C(C)c2cccc(S(N)(=O)=O)c2)cc1. The van der Waals surface area contributed by atoms with E-state index in [1.54, 1.807) is 24.1 Å². The number of anilines is 1. The summed E-state index contributed by atoms with van der Waals surface area (Å²) in [5, 5.41) is 5.21. The summed E-state index contributed by atoms with van der Waals surface area (Å²) >= 11 is 0. The van der Waals surface area contributed by atoms with Crippen LogP contribution in [-0.2, 0) is 10.0 Å². The topological polar surface area (TPSA) is 83.7 Å². The molecule has 2 rings (SSSR count). The van der Waals surface area contributed by atoms with Crippen molar-refractivity contribution in [1.29, 1.82) is 0 Å². The molecule has 2 aromatic carbocycles. The quantitative estimate of drug-likeness (QED) is 0.732. The minimum Gasteiger partial charge on any atom is -0.375 e. The predicted octanol–water partition coefficient (Wildman–Crippen LogP) is 3.40. The van der Waals surface area contributed by atoms with Gasteiger partial charge in [-0.1, -0.05) is 25.5 Å². The monoisotopic (exact) mass is 403 g/mol. The van der Waals surface area contributed by atoms with Crippen molar-refractivity contribution in [2.24, 2.45) is 5.14 Å². The lowest BCUT2D eigenvalue weighted by Crippen LogP contribution is -2.30. The number of amides is 1. The average Bonchev–Trinajstić information content (AvgIpc) is 2.69. The predicted molar refractivity (Wildman–Crippen MR) is 113 cm³/mol. The molecule has 1 unspecified atom stereocenters. The number of carbonyl (C=O) groups excluding carboxylic acids is 1. The number of primary sulfonamides is 1. The van der Waals surface area contributed by atoms with Gasteiger partial charge in [0, 0.05) is 31.9 Å². The number of sulfonamides is 1. The maximum absolute atomic E-state index is 12.9. The zero-order valence-electron chi connectivity index (χ0n) is 16.9. The Bertz CT molecular complexity index is 911. The van der Waals surface area contributed by atoms with Gasteiger partial charge < -0.3 is 9.80 Å². The highest BCUT2D eigenvalue weighted by atomic mass is 32.2. The van der Waals surface area contributed by atoms with Crippen LogP contribution >= 0.6 is 0 Å². The molecule has 0 saturated heterocycles. The van der Waals surface area contributed by atoms with Crippen LogP contribution < -0.4 is 10.0 Å². The summed E-state index contributed by atoms with van der Waals surface area (Å²) in [6.45, 7) is 4.99. The van der Waals surface area contributed by atoms with Crippen molar-refractivity contribution in [2.45, 2.75) is 37.6 Å². The van der Waals surface area contributed by atoms with Gasteiger partial charge in [-0.05, 0) is 55.3 Å². The molecule has 0 saturated carbocycles. The molecule has 2 N–H and O–H groups in total. The second-order valence-corrected chi connectivity index (χ2v) is 8.59. The van der Waals surface area contributed by atoms with E-state index in [9.17, 15) is 13.2 Å². The first kappa shape index (κ1) is 21.9. The maximum Gasteiger partial charge on any atom is 0.254 e. The number of nitrogens with two attached hydrogens (primary N) is 1. The Kier molecular flexibility index (Phi) is 7.21. The lowest BCUT2D eigenvalue weighted by Gasteiger charge is -2.26. The number of rotatable bonds is 8. The highest BCUT2D eigenvalue weighted by Crippen LogP contribution is 2.24. The maximum atomic E-state index is 12.9. The molecule has 0 aliphatic rings. The van der Waals surface area contributed by atoms with E-state index >= 15 is 0 Å². The first-order valence-corrected chi connectivity index (χ1v) is 10.9. The van der Waals surface area contributed by atoms with Gasteiger partial charge in [0.1, 0.15) is 0 Å². The molecule has 1 atom stereocenters. The van der Waals surface area contributed by atoms with Gasteiger partial charge in [0.2, 0.25) is 10.0 Å². The van der Waals surface area contributed by atoms with Crippen LogP contribution in [0, 0.1) is 0 Å². The first-order chi connectivity index (χ1) is 13.1. The molecule has 0 aromatic heterocycles. The van der Waals surface area contributed by atoms with E-state index in [4.69, 9.17) is 5.14 Å². The third-order valence-electron chi connectivity index (χ3n) is 4.97. The van der Waals surface area contributed by atoms with Crippen molar-refractivity contribution < 1.29 is 13.2 Å². The Morgan fingerprint density at radius 2 is 1.75 bits per heavy atom. The van der Waals surface area contributed by atoms with E-state index in [1.165, 1.54) is 12.1 Å². The average molecular weight is 404 g/mol. The second kappa shape index (κ2) is 9.21. The van der Waals surface area contributed by atoms with Crippen molar-refractivity contribution in [3.8, 4) is 0 Å². The second-order valence-electron chi connectivity index (χ2n) is 7.03. The molecular formula is C21H29N3O3S. The summed E-state index contributed by atoms with van der Waals surface area (Å²) in [6, 6.07) is 13.6.